The van der Waals surface area contributed by atoms with Crippen molar-refractivity contribution >= 4 is 40.4 Å². The van der Waals surface area contributed by atoms with Gasteiger partial charge in [-0.05, 0) is 81.2 Å². The monoisotopic (exact) mass is 526 g/mol. The maximum atomic E-state index is 6.19. The fraction of sp³-hybridized carbons (Fsp3) is 0.200. The lowest BCUT2D eigenvalue weighted by atomic mass is 10.0. The SMILES string of the molecule is COc1ccc(NC(=S)n2c(-c3ccc(C)cc3)c3n4c(c(-c5ccc(Cl)cc5)nc24)CCCC3)cc1. The third-order valence-electron chi connectivity index (χ3n) is 6.99. The van der Waals surface area contributed by atoms with Gasteiger partial charge in [0, 0.05) is 21.8 Å². The fourth-order valence-electron chi connectivity index (χ4n) is 5.15. The molecule has 0 fully saturated rings. The molecule has 1 N–H and O–H groups in total. The third-order valence-corrected chi connectivity index (χ3v) is 7.52. The van der Waals surface area contributed by atoms with Crippen LogP contribution in [0.25, 0.3) is 28.3 Å². The van der Waals surface area contributed by atoms with Crippen molar-refractivity contribution in [3.8, 4) is 28.3 Å². The number of anilines is 1. The number of nitrogens with zero attached hydrogens (tertiary/aromatic N) is 3. The maximum Gasteiger partial charge on any atom is 0.222 e. The van der Waals surface area contributed by atoms with E-state index in [4.69, 9.17) is 33.5 Å². The zero-order valence-electron chi connectivity index (χ0n) is 20.8. The molecule has 2 aromatic heterocycles. The van der Waals surface area contributed by atoms with Gasteiger partial charge in [-0.2, -0.15) is 0 Å². The Hall–Kier alpha value is -3.61. The Morgan fingerprint density at radius 1 is 0.892 bits per heavy atom. The number of halogens is 1. The Labute approximate surface area is 226 Å². The van der Waals surface area contributed by atoms with E-state index >= 15 is 0 Å². The highest BCUT2D eigenvalue weighted by molar-refractivity contribution is 7.80. The zero-order valence-corrected chi connectivity index (χ0v) is 22.4. The number of hydrogen-bond donors (Lipinski definition) is 1. The van der Waals surface area contributed by atoms with Gasteiger partial charge in [-0.15, -0.1) is 0 Å². The molecule has 6 rings (SSSR count). The summed E-state index contributed by atoms with van der Waals surface area (Å²) in [6.07, 6.45) is 4.15. The fourth-order valence-corrected chi connectivity index (χ4v) is 5.56. The minimum atomic E-state index is 0.580. The summed E-state index contributed by atoms with van der Waals surface area (Å²) in [6.45, 7) is 2.11. The van der Waals surface area contributed by atoms with Gasteiger partial charge in [-0.1, -0.05) is 53.6 Å². The lowest BCUT2D eigenvalue weighted by Crippen LogP contribution is -2.20. The zero-order chi connectivity index (χ0) is 25.5. The molecule has 0 spiro atoms. The predicted octanol–water partition coefficient (Wildman–Crippen LogP) is 7.56. The molecule has 3 heterocycles. The van der Waals surface area contributed by atoms with Gasteiger partial charge in [-0.3, -0.25) is 8.97 Å². The van der Waals surface area contributed by atoms with Crippen molar-refractivity contribution in [3.63, 3.8) is 0 Å². The van der Waals surface area contributed by atoms with E-state index in [0.717, 1.165) is 70.4 Å². The van der Waals surface area contributed by atoms with Crippen LogP contribution in [-0.2, 0) is 12.8 Å². The van der Waals surface area contributed by atoms with E-state index in [1.807, 2.05) is 48.5 Å². The first kappa shape index (κ1) is 23.8. The van der Waals surface area contributed by atoms with Crippen LogP contribution in [0.1, 0.15) is 29.8 Å². The van der Waals surface area contributed by atoms with Crippen molar-refractivity contribution in [1.29, 1.82) is 0 Å². The molecular weight excluding hydrogens is 500 g/mol. The third kappa shape index (κ3) is 4.30. The molecule has 3 aromatic carbocycles. The van der Waals surface area contributed by atoms with Gasteiger partial charge in [0.05, 0.1) is 29.9 Å². The maximum absolute atomic E-state index is 6.19. The number of imidazole rings is 2. The summed E-state index contributed by atoms with van der Waals surface area (Å²) in [6, 6.07) is 24.4. The second-order valence-corrected chi connectivity index (χ2v) is 10.2. The normalized spacial score (nSPS) is 12.9. The summed E-state index contributed by atoms with van der Waals surface area (Å²) in [5.41, 5.74) is 8.88. The first-order valence-electron chi connectivity index (χ1n) is 12.5. The summed E-state index contributed by atoms with van der Waals surface area (Å²) in [5.74, 6) is 1.63. The largest absolute Gasteiger partial charge is 0.497 e. The van der Waals surface area contributed by atoms with Crippen molar-refractivity contribution in [2.24, 2.45) is 0 Å². The Balaban J connectivity index is 1.57. The van der Waals surface area contributed by atoms with Crippen molar-refractivity contribution in [2.45, 2.75) is 32.6 Å². The Kier molecular flexibility index (Phi) is 6.22. The van der Waals surface area contributed by atoms with E-state index in [-0.39, 0.29) is 0 Å². The van der Waals surface area contributed by atoms with Crippen LogP contribution in [0, 0.1) is 6.92 Å². The molecule has 0 atom stereocenters. The average Bonchev–Trinajstić information content (AvgIpc) is 3.33. The Morgan fingerprint density at radius 2 is 1.54 bits per heavy atom. The summed E-state index contributed by atoms with van der Waals surface area (Å²) in [7, 11) is 1.66. The van der Waals surface area contributed by atoms with Gasteiger partial charge in [-0.25, -0.2) is 4.98 Å². The van der Waals surface area contributed by atoms with Crippen LogP contribution in [0.3, 0.4) is 0 Å². The van der Waals surface area contributed by atoms with Gasteiger partial charge < -0.3 is 10.1 Å². The molecule has 0 saturated heterocycles. The summed E-state index contributed by atoms with van der Waals surface area (Å²) in [5, 5.41) is 4.74. The Bertz CT molecular complexity index is 1600. The molecule has 0 bridgehead atoms. The number of nitrogens with one attached hydrogen (secondary N) is 1. The van der Waals surface area contributed by atoms with Crippen LogP contribution in [0.15, 0.2) is 72.8 Å². The molecule has 0 amide bonds. The second-order valence-electron chi connectivity index (χ2n) is 9.41. The number of aryl methyl sites for hydroxylation is 3. The molecule has 0 radical (unpaired) electrons. The molecule has 0 unspecified atom stereocenters. The van der Waals surface area contributed by atoms with Crippen molar-refractivity contribution in [2.75, 3.05) is 12.4 Å². The van der Waals surface area contributed by atoms with E-state index in [2.05, 4.69) is 45.5 Å². The van der Waals surface area contributed by atoms with Crippen LogP contribution in [0.5, 0.6) is 5.75 Å². The van der Waals surface area contributed by atoms with Gasteiger partial charge in [0.2, 0.25) is 5.78 Å². The van der Waals surface area contributed by atoms with Crippen molar-refractivity contribution < 1.29 is 4.74 Å². The van der Waals surface area contributed by atoms with Crippen LogP contribution in [-0.4, -0.2) is 26.2 Å². The quantitative estimate of drug-likeness (QED) is 0.245. The van der Waals surface area contributed by atoms with E-state index in [1.54, 1.807) is 7.11 Å². The standard InChI is InChI=1S/C30H27ClN4OS/c1-19-7-9-21(10-8-19)28-26-6-4-3-5-25-27(20-11-13-22(31)14-12-20)33-29(34(25)26)35(28)30(37)32-23-15-17-24(36-2)18-16-23/h7-18H,3-6H2,1-2H3,(H,32,37). The molecule has 7 heteroatoms. The topological polar surface area (TPSA) is 43.5 Å². The highest BCUT2D eigenvalue weighted by Gasteiger charge is 2.28. The van der Waals surface area contributed by atoms with E-state index in [9.17, 15) is 0 Å². The number of methoxy groups -OCH3 is 1. The smallest absolute Gasteiger partial charge is 0.222 e. The molecule has 1 aliphatic rings. The lowest BCUT2D eigenvalue weighted by molar-refractivity contribution is 0.415. The first-order chi connectivity index (χ1) is 18.0. The van der Waals surface area contributed by atoms with Gasteiger partial charge in [0.25, 0.3) is 0 Å². The molecule has 5 aromatic rings. The highest BCUT2D eigenvalue weighted by atomic mass is 35.5. The first-order valence-corrected chi connectivity index (χ1v) is 13.3. The molecular formula is C30H27ClN4OS. The summed E-state index contributed by atoms with van der Waals surface area (Å²) >= 11 is 12.2. The molecule has 1 aliphatic heterocycles. The number of rotatable bonds is 4. The molecule has 5 nitrogen and oxygen atoms in total. The molecule has 186 valence electrons. The second kappa shape index (κ2) is 9.69. The minimum Gasteiger partial charge on any atom is -0.497 e. The molecule has 37 heavy (non-hydrogen) atoms. The van der Waals surface area contributed by atoms with Crippen LogP contribution >= 0.6 is 23.8 Å². The van der Waals surface area contributed by atoms with Crippen LogP contribution < -0.4 is 10.1 Å². The minimum absolute atomic E-state index is 0.580. The van der Waals surface area contributed by atoms with Gasteiger partial charge in [0.15, 0.2) is 5.11 Å². The predicted molar refractivity (Wildman–Crippen MR) is 155 cm³/mol. The summed E-state index contributed by atoms with van der Waals surface area (Å²) in [4.78, 5) is 5.22. The van der Waals surface area contributed by atoms with Crippen LogP contribution in [0.4, 0.5) is 5.69 Å². The molecule has 0 saturated carbocycles. The van der Waals surface area contributed by atoms with Crippen molar-refractivity contribution in [1.82, 2.24) is 14.0 Å². The van der Waals surface area contributed by atoms with Gasteiger partial charge >= 0.3 is 0 Å². The van der Waals surface area contributed by atoms with Crippen LogP contribution in [0.2, 0.25) is 5.02 Å². The lowest BCUT2D eigenvalue weighted by Gasteiger charge is -2.14. The average molecular weight is 527 g/mol. The van der Waals surface area contributed by atoms with Gasteiger partial charge in [0.1, 0.15) is 5.75 Å². The van der Waals surface area contributed by atoms with E-state index in [1.165, 1.54) is 17.0 Å². The number of benzene rings is 3. The van der Waals surface area contributed by atoms with E-state index in [0.29, 0.717) is 5.11 Å². The van der Waals surface area contributed by atoms with Crippen molar-refractivity contribution in [3.05, 3.63) is 94.8 Å². The molecule has 0 aliphatic carbocycles. The number of ether oxygens (including phenoxy) is 1. The summed E-state index contributed by atoms with van der Waals surface area (Å²) < 4.78 is 9.76. The number of aromatic nitrogens is 3. The highest BCUT2D eigenvalue weighted by Crippen LogP contribution is 2.37. The number of hydrogen-bond acceptors (Lipinski definition) is 3. The Morgan fingerprint density at radius 3 is 2.22 bits per heavy atom. The number of thiocarbonyl (C=S) groups is 1. The van der Waals surface area contributed by atoms with E-state index < -0.39 is 0 Å².